The van der Waals surface area contributed by atoms with E-state index in [1.165, 1.54) is 30.4 Å². The lowest BCUT2D eigenvalue weighted by Crippen LogP contribution is -2.24. The number of carbonyl (C=O) groups is 2. The second-order valence-corrected chi connectivity index (χ2v) is 7.38. The second-order valence-electron chi connectivity index (χ2n) is 6.43. The molecule has 1 heterocycles. The van der Waals surface area contributed by atoms with E-state index in [0.29, 0.717) is 5.69 Å². The van der Waals surface area contributed by atoms with Gasteiger partial charge in [0.05, 0.1) is 17.8 Å². The fourth-order valence-corrected chi connectivity index (χ4v) is 2.93. The highest BCUT2D eigenvalue weighted by atomic mass is 32.1. The van der Waals surface area contributed by atoms with Gasteiger partial charge in [-0.05, 0) is 18.2 Å². The number of benzene rings is 1. The van der Waals surface area contributed by atoms with E-state index in [-0.39, 0.29) is 23.4 Å². The summed E-state index contributed by atoms with van der Waals surface area (Å²) in [7, 11) is 0. The molecule has 2 aromatic rings. The molecule has 1 aromatic carbocycles. The topological polar surface area (TPSA) is 71.1 Å². The summed E-state index contributed by atoms with van der Waals surface area (Å²) in [6.07, 6.45) is 0. The third kappa shape index (κ3) is 4.61. The van der Waals surface area contributed by atoms with Gasteiger partial charge >= 0.3 is 0 Å². The van der Waals surface area contributed by atoms with Gasteiger partial charge in [-0.1, -0.05) is 20.8 Å². The Hall–Kier alpha value is -2.28. The largest absolute Gasteiger partial charge is 0.345 e. The van der Waals surface area contributed by atoms with Crippen molar-refractivity contribution >= 4 is 28.8 Å². The molecule has 24 heavy (non-hydrogen) atoms. The molecular weight excluding hydrogens is 329 g/mol. The molecule has 0 aliphatic rings. The van der Waals surface area contributed by atoms with Crippen LogP contribution in [-0.2, 0) is 16.8 Å². The quantitative estimate of drug-likeness (QED) is 0.888. The van der Waals surface area contributed by atoms with Gasteiger partial charge in [0.25, 0.3) is 5.91 Å². The van der Waals surface area contributed by atoms with E-state index < -0.39 is 11.7 Å². The summed E-state index contributed by atoms with van der Waals surface area (Å²) in [5.74, 6) is -1.48. The van der Waals surface area contributed by atoms with Crippen molar-refractivity contribution in [3.63, 3.8) is 0 Å². The van der Waals surface area contributed by atoms with Crippen LogP contribution in [0.15, 0.2) is 23.6 Å². The number of carbonyl (C=O) groups excluding carboxylic acids is 2. The zero-order chi connectivity index (χ0) is 17.9. The van der Waals surface area contributed by atoms with Crippen LogP contribution in [0.5, 0.6) is 0 Å². The van der Waals surface area contributed by atoms with Crippen molar-refractivity contribution in [1.82, 2.24) is 10.3 Å². The normalized spacial score (nSPS) is 11.2. The van der Waals surface area contributed by atoms with Crippen LogP contribution >= 0.6 is 11.3 Å². The molecule has 1 aromatic heterocycles. The highest BCUT2D eigenvalue weighted by Gasteiger charge is 2.18. The van der Waals surface area contributed by atoms with E-state index in [1.54, 1.807) is 0 Å². The van der Waals surface area contributed by atoms with Crippen molar-refractivity contribution in [2.75, 3.05) is 5.32 Å². The first-order chi connectivity index (χ1) is 11.2. The first kappa shape index (κ1) is 18.1. The molecule has 5 nitrogen and oxygen atoms in total. The maximum Gasteiger partial charge on any atom is 0.254 e. The van der Waals surface area contributed by atoms with Crippen molar-refractivity contribution in [1.29, 1.82) is 0 Å². The molecule has 7 heteroatoms. The Balaban J connectivity index is 2.07. The average molecular weight is 349 g/mol. The van der Waals surface area contributed by atoms with Gasteiger partial charge in [-0.3, -0.25) is 9.59 Å². The van der Waals surface area contributed by atoms with Gasteiger partial charge < -0.3 is 10.6 Å². The minimum atomic E-state index is -0.642. The third-order valence-electron chi connectivity index (χ3n) is 3.25. The van der Waals surface area contributed by atoms with E-state index in [1.807, 2.05) is 5.38 Å². The molecule has 0 fully saturated rings. The summed E-state index contributed by atoms with van der Waals surface area (Å²) in [6, 6.07) is 3.87. The van der Waals surface area contributed by atoms with Gasteiger partial charge in [-0.2, -0.15) is 0 Å². The molecule has 0 aliphatic heterocycles. The lowest BCUT2D eigenvalue weighted by atomic mass is 9.93. The number of hydrogen-bond acceptors (Lipinski definition) is 4. The van der Waals surface area contributed by atoms with Crippen molar-refractivity contribution in [3.8, 4) is 0 Å². The van der Waals surface area contributed by atoms with Gasteiger partial charge in [0.1, 0.15) is 10.8 Å². The van der Waals surface area contributed by atoms with Crippen molar-refractivity contribution in [2.45, 2.75) is 39.7 Å². The highest BCUT2D eigenvalue weighted by molar-refractivity contribution is 7.09. The summed E-state index contributed by atoms with van der Waals surface area (Å²) >= 11 is 1.45. The minimum Gasteiger partial charge on any atom is -0.345 e. The number of halogens is 1. The number of hydrogen-bond donors (Lipinski definition) is 2. The smallest absolute Gasteiger partial charge is 0.254 e. The van der Waals surface area contributed by atoms with Gasteiger partial charge in [0, 0.05) is 23.4 Å². The predicted molar refractivity (Wildman–Crippen MR) is 92.7 cm³/mol. The fourth-order valence-electron chi connectivity index (χ4n) is 1.97. The van der Waals surface area contributed by atoms with Gasteiger partial charge in [0.2, 0.25) is 5.91 Å². The summed E-state index contributed by atoms with van der Waals surface area (Å²) in [5.41, 5.74) is 1.15. The van der Waals surface area contributed by atoms with E-state index in [0.717, 1.165) is 16.8 Å². The van der Waals surface area contributed by atoms with Gasteiger partial charge in [-0.15, -0.1) is 11.3 Å². The molecule has 0 bridgehead atoms. The molecule has 2 N–H and O–H groups in total. The zero-order valence-corrected chi connectivity index (χ0v) is 14.9. The Morgan fingerprint density at radius 1 is 1.29 bits per heavy atom. The SMILES string of the molecule is CC(=O)Nc1ccc(F)c(C(=O)NCc2nc(C(C)(C)C)cs2)c1. The fraction of sp³-hybridized carbons (Fsp3) is 0.353. The zero-order valence-electron chi connectivity index (χ0n) is 14.1. The number of rotatable bonds is 4. The van der Waals surface area contributed by atoms with Crippen molar-refractivity contribution in [2.24, 2.45) is 0 Å². The Bertz CT molecular complexity index is 765. The maximum absolute atomic E-state index is 13.9. The molecule has 0 saturated heterocycles. The summed E-state index contributed by atoms with van der Waals surface area (Å²) in [5, 5.41) is 7.90. The Labute approximate surface area is 144 Å². The molecule has 128 valence electrons. The van der Waals surface area contributed by atoms with Crippen LogP contribution in [-0.4, -0.2) is 16.8 Å². The van der Waals surface area contributed by atoms with Crippen LogP contribution < -0.4 is 10.6 Å². The third-order valence-corrected chi connectivity index (χ3v) is 4.10. The summed E-state index contributed by atoms with van der Waals surface area (Å²) in [6.45, 7) is 7.76. The second kappa shape index (κ2) is 7.09. The monoisotopic (exact) mass is 349 g/mol. The van der Waals surface area contributed by atoms with E-state index in [2.05, 4.69) is 36.4 Å². The molecule has 0 saturated carbocycles. The molecular formula is C17H20FN3O2S. The predicted octanol–water partition coefficient (Wildman–Crippen LogP) is 3.47. The highest BCUT2D eigenvalue weighted by Crippen LogP contribution is 2.24. The Morgan fingerprint density at radius 3 is 2.58 bits per heavy atom. The first-order valence-corrected chi connectivity index (χ1v) is 8.35. The molecule has 0 aliphatic carbocycles. The van der Waals surface area contributed by atoms with Crippen molar-refractivity contribution in [3.05, 3.63) is 45.7 Å². The lowest BCUT2D eigenvalue weighted by molar-refractivity contribution is -0.114. The number of amides is 2. The van der Waals surface area contributed by atoms with Crippen LogP contribution in [0.25, 0.3) is 0 Å². The van der Waals surface area contributed by atoms with E-state index in [4.69, 9.17) is 0 Å². The lowest BCUT2D eigenvalue weighted by Gasteiger charge is -2.14. The maximum atomic E-state index is 13.9. The summed E-state index contributed by atoms with van der Waals surface area (Å²) < 4.78 is 13.9. The molecule has 0 spiro atoms. The minimum absolute atomic E-state index is 0.0580. The van der Waals surface area contributed by atoms with Crippen LogP contribution in [0.4, 0.5) is 10.1 Å². The number of nitrogens with zero attached hydrogens (tertiary/aromatic N) is 1. The molecule has 0 unspecified atom stereocenters. The Kier molecular flexibility index (Phi) is 5.33. The van der Waals surface area contributed by atoms with E-state index in [9.17, 15) is 14.0 Å². The van der Waals surface area contributed by atoms with Crippen LogP contribution in [0.2, 0.25) is 0 Å². The number of nitrogens with one attached hydrogen (secondary N) is 2. The molecule has 2 rings (SSSR count). The van der Waals surface area contributed by atoms with Crippen LogP contribution in [0, 0.1) is 5.82 Å². The number of anilines is 1. The number of aromatic nitrogens is 1. The first-order valence-electron chi connectivity index (χ1n) is 7.47. The molecule has 0 radical (unpaired) electrons. The van der Waals surface area contributed by atoms with Crippen LogP contribution in [0.1, 0.15) is 48.8 Å². The standard InChI is InChI=1S/C17H20FN3O2S/c1-10(22)20-11-5-6-13(18)12(7-11)16(23)19-8-15-21-14(9-24-15)17(2,3)4/h5-7,9H,8H2,1-4H3,(H,19,23)(H,20,22). The van der Waals surface area contributed by atoms with Gasteiger partial charge in [0.15, 0.2) is 0 Å². The van der Waals surface area contributed by atoms with Crippen molar-refractivity contribution < 1.29 is 14.0 Å². The summed E-state index contributed by atoms with van der Waals surface area (Å²) in [4.78, 5) is 27.7. The van der Waals surface area contributed by atoms with Crippen LogP contribution in [0.3, 0.4) is 0 Å². The number of thiazole rings is 1. The average Bonchev–Trinajstić information content (AvgIpc) is 2.95. The molecule has 2 amide bonds. The molecule has 0 atom stereocenters. The van der Waals surface area contributed by atoms with E-state index >= 15 is 0 Å². The van der Waals surface area contributed by atoms with Gasteiger partial charge in [-0.25, -0.2) is 9.37 Å². The Morgan fingerprint density at radius 2 is 2.00 bits per heavy atom.